The molecule has 4 heteroatoms. The number of aliphatic hydroxyl groups excluding tert-OH is 1. The van der Waals surface area contributed by atoms with Crippen molar-refractivity contribution in [1.29, 1.82) is 0 Å². The second-order valence-corrected chi connectivity index (χ2v) is 6.16. The molecule has 0 saturated carbocycles. The van der Waals surface area contributed by atoms with Crippen LogP contribution in [0.3, 0.4) is 0 Å². The lowest BCUT2D eigenvalue weighted by atomic mass is 10.1. The van der Waals surface area contributed by atoms with Crippen LogP contribution < -0.4 is 16.0 Å². The maximum absolute atomic E-state index is 13.0. The van der Waals surface area contributed by atoms with Crippen molar-refractivity contribution >= 4 is 17.9 Å². The van der Waals surface area contributed by atoms with Crippen LogP contribution in [0.1, 0.15) is 11.3 Å². The average molecular weight is 330 g/mol. The third kappa shape index (κ3) is 2.34. The van der Waals surface area contributed by atoms with Gasteiger partial charge in [-0.2, -0.15) is 0 Å². The fourth-order valence-electron chi connectivity index (χ4n) is 3.25. The highest BCUT2D eigenvalue weighted by atomic mass is 16.3. The van der Waals surface area contributed by atoms with Crippen molar-refractivity contribution in [3.05, 3.63) is 92.2 Å². The first-order chi connectivity index (χ1) is 12.1. The molecule has 0 spiro atoms. The summed E-state index contributed by atoms with van der Waals surface area (Å²) in [5.41, 5.74) is 2.80. The number of para-hydroxylation sites is 1. The SMILES string of the molecule is Cc1c(/C=C2/C=c3ccccc3=C2O)c(=O)n(-c2ccccc2)n1C. The molecule has 25 heavy (non-hydrogen) atoms. The largest absolute Gasteiger partial charge is 0.507 e. The summed E-state index contributed by atoms with van der Waals surface area (Å²) in [5.74, 6) is 0.213. The van der Waals surface area contributed by atoms with E-state index in [1.165, 1.54) is 0 Å². The number of aromatic nitrogens is 2. The van der Waals surface area contributed by atoms with Gasteiger partial charge in [0.2, 0.25) is 0 Å². The Balaban J connectivity index is 1.92. The highest BCUT2D eigenvalue weighted by molar-refractivity contribution is 5.85. The molecule has 0 aliphatic heterocycles. The van der Waals surface area contributed by atoms with Gasteiger partial charge in [0.25, 0.3) is 5.56 Å². The smallest absolute Gasteiger partial charge is 0.278 e. The molecule has 124 valence electrons. The zero-order chi connectivity index (χ0) is 17.6. The van der Waals surface area contributed by atoms with Crippen molar-refractivity contribution in [1.82, 2.24) is 9.36 Å². The van der Waals surface area contributed by atoms with Crippen molar-refractivity contribution in [3.63, 3.8) is 0 Å². The summed E-state index contributed by atoms with van der Waals surface area (Å²) in [5, 5.41) is 12.2. The average Bonchev–Trinajstić information content (AvgIpc) is 3.06. The van der Waals surface area contributed by atoms with Gasteiger partial charge in [-0.05, 0) is 36.4 Å². The van der Waals surface area contributed by atoms with E-state index < -0.39 is 0 Å². The summed E-state index contributed by atoms with van der Waals surface area (Å²) in [6.45, 7) is 1.91. The second kappa shape index (κ2) is 5.67. The highest BCUT2D eigenvalue weighted by Gasteiger charge is 2.17. The Bertz CT molecular complexity index is 1180. The van der Waals surface area contributed by atoms with E-state index in [4.69, 9.17) is 0 Å². The maximum Gasteiger partial charge on any atom is 0.278 e. The Labute approximate surface area is 144 Å². The van der Waals surface area contributed by atoms with E-state index in [-0.39, 0.29) is 11.3 Å². The van der Waals surface area contributed by atoms with Crippen LogP contribution in [0.5, 0.6) is 0 Å². The summed E-state index contributed by atoms with van der Waals surface area (Å²) in [7, 11) is 1.86. The lowest BCUT2D eigenvalue weighted by molar-refractivity contribution is 0.510. The van der Waals surface area contributed by atoms with Crippen LogP contribution in [0.2, 0.25) is 0 Å². The van der Waals surface area contributed by atoms with Gasteiger partial charge in [-0.25, -0.2) is 4.68 Å². The Kier molecular flexibility index (Phi) is 3.46. The van der Waals surface area contributed by atoms with Gasteiger partial charge in [0.1, 0.15) is 5.76 Å². The molecule has 1 heterocycles. The summed E-state index contributed by atoms with van der Waals surface area (Å²) >= 11 is 0. The fraction of sp³-hybridized carbons (Fsp3) is 0.0952. The van der Waals surface area contributed by atoms with Crippen LogP contribution in [0.15, 0.2) is 65.0 Å². The molecule has 1 aliphatic carbocycles. The van der Waals surface area contributed by atoms with E-state index in [9.17, 15) is 9.90 Å². The Morgan fingerprint density at radius 3 is 2.40 bits per heavy atom. The van der Waals surface area contributed by atoms with Crippen molar-refractivity contribution in [2.75, 3.05) is 0 Å². The predicted molar refractivity (Wildman–Crippen MR) is 99.9 cm³/mol. The topological polar surface area (TPSA) is 47.2 Å². The molecule has 0 radical (unpaired) electrons. The molecule has 4 rings (SSSR count). The van der Waals surface area contributed by atoms with E-state index >= 15 is 0 Å². The quantitative estimate of drug-likeness (QED) is 0.781. The van der Waals surface area contributed by atoms with E-state index in [1.54, 1.807) is 10.8 Å². The maximum atomic E-state index is 13.0. The van der Waals surface area contributed by atoms with E-state index in [0.717, 1.165) is 21.8 Å². The first-order valence-electron chi connectivity index (χ1n) is 8.14. The van der Waals surface area contributed by atoms with Crippen LogP contribution in [0, 0.1) is 6.92 Å². The Morgan fingerprint density at radius 2 is 1.68 bits per heavy atom. The monoisotopic (exact) mass is 330 g/mol. The number of aliphatic hydroxyl groups is 1. The molecular weight excluding hydrogens is 312 g/mol. The summed E-state index contributed by atoms with van der Waals surface area (Å²) < 4.78 is 3.48. The molecule has 0 bridgehead atoms. The van der Waals surface area contributed by atoms with E-state index in [0.29, 0.717) is 11.1 Å². The van der Waals surface area contributed by atoms with Crippen molar-refractivity contribution in [3.8, 4) is 5.69 Å². The minimum Gasteiger partial charge on any atom is -0.507 e. The van der Waals surface area contributed by atoms with Crippen LogP contribution >= 0.6 is 0 Å². The van der Waals surface area contributed by atoms with Crippen molar-refractivity contribution in [2.24, 2.45) is 7.05 Å². The first kappa shape index (κ1) is 15.3. The Morgan fingerprint density at radius 1 is 1.00 bits per heavy atom. The number of nitrogens with zero attached hydrogens (tertiary/aromatic N) is 2. The van der Waals surface area contributed by atoms with Gasteiger partial charge in [-0.1, -0.05) is 42.5 Å². The normalized spacial score (nSPS) is 14.6. The zero-order valence-electron chi connectivity index (χ0n) is 14.1. The van der Waals surface area contributed by atoms with Gasteiger partial charge in [0, 0.05) is 23.5 Å². The number of hydrogen-bond donors (Lipinski definition) is 1. The van der Waals surface area contributed by atoms with Crippen LogP contribution in [0.4, 0.5) is 0 Å². The molecule has 1 aliphatic rings. The van der Waals surface area contributed by atoms with E-state index in [2.05, 4.69) is 0 Å². The van der Waals surface area contributed by atoms with Crippen LogP contribution in [-0.2, 0) is 7.05 Å². The molecule has 3 aromatic rings. The van der Waals surface area contributed by atoms with Crippen molar-refractivity contribution in [2.45, 2.75) is 6.92 Å². The third-order valence-corrected chi connectivity index (χ3v) is 4.70. The van der Waals surface area contributed by atoms with Gasteiger partial charge in [-0.15, -0.1) is 0 Å². The molecule has 0 amide bonds. The summed E-state index contributed by atoms with van der Waals surface area (Å²) in [4.78, 5) is 13.0. The molecule has 0 unspecified atom stereocenters. The lowest BCUT2D eigenvalue weighted by Crippen LogP contribution is -2.21. The molecule has 4 nitrogen and oxygen atoms in total. The minimum absolute atomic E-state index is 0.101. The molecule has 0 saturated heterocycles. The number of benzene rings is 2. The van der Waals surface area contributed by atoms with Crippen LogP contribution in [0.25, 0.3) is 23.6 Å². The third-order valence-electron chi connectivity index (χ3n) is 4.70. The molecule has 0 fully saturated rings. The summed E-state index contributed by atoms with van der Waals surface area (Å²) in [6, 6.07) is 17.2. The lowest BCUT2D eigenvalue weighted by Gasteiger charge is -2.07. The fourth-order valence-corrected chi connectivity index (χ4v) is 3.25. The second-order valence-electron chi connectivity index (χ2n) is 6.16. The van der Waals surface area contributed by atoms with Gasteiger partial charge in [-0.3, -0.25) is 9.48 Å². The van der Waals surface area contributed by atoms with Crippen LogP contribution in [-0.4, -0.2) is 14.5 Å². The molecular formula is C21H18N2O2. The zero-order valence-corrected chi connectivity index (χ0v) is 14.1. The predicted octanol–water partition coefficient (Wildman–Crippen LogP) is 2.03. The minimum atomic E-state index is -0.101. The molecule has 1 N–H and O–H groups in total. The van der Waals surface area contributed by atoms with E-state index in [1.807, 2.05) is 79.3 Å². The van der Waals surface area contributed by atoms with Crippen molar-refractivity contribution < 1.29 is 5.11 Å². The van der Waals surface area contributed by atoms with Gasteiger partial charge >= 0.3 is 0 Å². The molecule has 2 aromatic carbocycles. The number of rotatable bonds is 2. The van der Waals surface area contributed by atoms with Gasteiger partial charge in [0.15, 0.2) is 0 Å². The summed E-state index contributed by atoms with van der Waals surface area (Å²) in [6.07, 6.45) is 3.68. The molecule has 0 atom stereocenters. The van der Waals surface area contributed by atoms with Gasteiger partial charge in [0.05, 0.1) is 11.3 Å². The Hall–Kier alpha value is -3.27. The number of fused-ring (bicyclic) bond motifs is 1. The first-order valence-corrected chi connectivity index (χ1v) is 8.14. The standard InChI is InChI=1S/C21H18N2O2/c1-14-19(13-16-12-15-8-6-7-11-18(15)20(16)24)21(25)23(22(14)2)17-9-4-3-5-10-17/h3-13,24H,1-2H3/b16-13-. The highest BCUT2D eigenvalue weighted by Crippen LogP contribution is 2.18. The van der Waals surface area contributed by atoms with Gasteiger partial charge < -0.3 is 5.11 Å². The number of hydrogen-bond acceptors (Lipinski definition) is 2. The molecule has 1 aromatic heterocycles.